The van der Waals surface area contributed by atoms with Gasteiger partial charge in [-0.25, -0.2) is 0 Å². The highest BCUT2D eigenvalue weighted by atomic mass is 16.5. The zero-order valence-electron chi connectivity index (χ0n) is 16.2. The third-order valence-corrected chi connectivity index (χ3v) is 4.36. The van der Waals surface area contributed by atoms with E-state index in [0.29, 0.717) is 19.3 Å². The number of nitrogens with one attached hydrogen (secondary N) is 2. The zero-order chi connectivity index (χ0) is 19.7. The molecule has 1 heterocycles. The highest BCUT2D eigenvalue weighted by molar-refractivity contribution is 5.86. The number of cyclic esters (lactones) is 1. The van der Waals surface area contributed by atoms with Gasteiger partial charge in [-0.2, -0.15) is 0 Å². The van der Waals surface area contributed by atoms with Crippen LogP contribution in [0.15, 0.2) is 12.2 Å². The van der Waals surface area contributed by atoms with Crippen molar-refractivity contribution in [3.05, 3.63) is 12.2 Å². The van der Waals surface area contributed by atoms with Crippen LogP contribution in [0, 0.1) is 11.3 Å². The minimum atomic E-state index is -0.517. The SMILES string of the molecule is CC(CO)NC(=O)CC1CC=CCCC(=O)OCC(C(C)(C)C)NC1=O. The molecule has 0 fully saturated rings. The van der Waals surface area contributed by atoms with Crippen LogP contribution < -0.4 is 10.6 Å². The predicted molar refractivity (Wildman–Crippen MR) is 98.1 cm³/mol. The molecule has 1 aliphatic heterocycles. The summed E-state index contributed by atoms with van der Waals surface area (Å²) in [4.78, 5) is 36.6. The molecule has 3 unspecified atom stereocenters. The van der Waals surface area contributed by atoms with Crippen molar-refractivity contribution >= 4 is 17.8 Å². The number of rotatable bonds is 4. The first-order valence-electron chi connectivity index (χ1n) is 9.14. The van der Waals surface area contributed by atoms with Gasteiger partial charge in [0, 0.05) is 18.9 Å². The molecule has 0 saturated heterocycles. The van der Waals surface area contributed by atoms with Crippen molar-refractivity contribution in [2.24, 2.45) is 11.3 Å². The number of allylic oxidation sites excluding steroid dienone is 2. The molecule has 26 heavy (non-hydrogen) atoms. The lowest BCUT2D eigenvalue weighted by Crippen LogP contribution is -2.49. The van der Waals surface area contributed by atoms with Gasteiger partial charge in [0.2, 0.25) is 11.8 Å². The molecule has 0 aromatic carbocycles. The Kier molecular flexibility index (Phi) is 8.78. The molecule has 0 spiro atoms. The summed E-state index contributed by atoms with van der Waals surface area (Å²) in [5.74, 6) is -1.31. The lowest BCUT2D eigenvalue weighted by atomic mass is 9.86. The molecule has 3 atom stereocenters. The van der Waals surface area contributed by atoms with E-state index in [2.05, 4.69) is 10.6 Å². The molecule has 0 aromatic rings. The monoisotopic (exact) mass is 368 g/mol. The van der Waals surface area contributed by atoms with E-state index in [1.165, 1.54) is 0 Å². The molecule has 3 N–H and O–H groups in total. The van der Waals surface area contributed by atoms with Gasteiger partial charge in [-0.15, -0.1) is 0 Å². The summed E-state index contributed by atoms with van der Waals surface area (Å²) in [6.07, 6.45) is 4.95. The Balaban J connectivity index is 2.89. The number of ether oxygens (including phenoxy) is 1. The summed E-state index contributed by atoms with van der Waals surface area (Å²) < 4.78 is 5.29. The smallest absolute Gasteiger partial charge is 0.306 e. The van der Waals surface area contributed by atoms with Gasteiger partial charge >= 0.3 is 5.97 Å². The quantitative estimate of drug-likeness (QED) is 0.512. The topological polar surface area (TPSA) is 105 Å². The second-order valence-corrected chi connectivity index (χ2v) is 7.91. The minimum absolute atomic E-state index is 0.0389. The van der Waals surface area contributed by atoms with Crippen LogP contribution in [0.5, 0.6) is 0 Å². The van der Waals surface area contributed by atoms with E-state index in [1.54, 1.807) is 6.92 Å². The summed E-state index contributed by atoms with van der Waals surface area (Å²) in [6, 6.07) is -0.696. The van der Waals surface area contributed by atoms with E-state index >= 15 is 0 Å². The van der Waals surface area contributed by atoms with Gasteiger partial charge in [0.1, 0.15) is 6.61 Å². The highest BCUT2D eigenvalue weighted by Crippen LogP contribution is 2.22. The fourth-order valence-electron chi connectivity index (χ4n) is 2.51. The molecule has 0 saturated carbocycles. The Labute approximate surface area is 155 Å². The van der Waals surface area contributed by atoms with Crippen LogP contribution in [-0.4, -0.2) is 48.2 Å². The molecule has 1 aliphatic rings. The molecule has 0 aliphatic carbocycles. The standard InChI is InChI=1S/C19H32N2O5/c1-13(11-22)20-16(23)10-14-8-6-5-7-9-17(24)26-12-15(19(2,3)4)21-18(14)25/h5-6,13-15,22H,7-12H2,1-4H3,(H,20,23)(H,21,25). The number of carbonyl (C=O) groups is 3. The number of aliphatic hydroxyl groups is 1. The largest absolute Gasteiger partial charge is 0.463 e. The van der Waals surface area contributed by atoms with Gasteiger partial charge in [0.05, 0.1) is 18.6 Å². The summed E-state index contributed by atoms with van der Waals surface area (Å²) in [5.41, 5.74) is -0.298. The maximum atomic E-state index is 12.7. The lowest BCUT2D eigenvalue weighted by Gasteiger charge is -2.32. The van der Waals surface area contributed by atoms with E-state index in [1.807, 2.05) is 32.9 Å². The first-order chi connectivity index (χ1) is 12.1. The van der Waals surface area contributed by atoms with E-state index in [0.717, 1.165) is 0 Å². The van der Waals surface area contributed by atoms with Gasteiger partial charge < -0.3 is 20.5 Å². The average Bonchev–Trinajstić information content (AvgIpc) is 2.54. The Hall–Kier alpha value is -1.89. The molecule has 0 bridgehead atoms. The Morgan fingerprint density at radius 1 is 1.38 bits per heavy atom. The van der Waals surface area contributed by atoms with E-state index < -0.39 is 5.92 Å². The van der Waals surface area contributed by atoms with E-state index in [-0.39, 0.29) is 54.9 Å². The number of carbonyl (C=O) groups excluding carboxylic acids is 3. The molecule has 7 heteroatoms. The Morgan fingerprint density at radius 3 is 2.69 bits per heavy atom. The van der Waals surface area contributed by atoms with Crippen molar-refractivity contribution in [3.63, 3.8) is 0 Å². The van der Waals surface area contributed by atoms with Crippen LogP contribution in [0.25, 0.3) is 0 Å². The molecular formula is C19H32N2O5. The Bertz CT molecular complexity index is 525. The zero-order valence-corrected chi connectivity index (χ0v) is 16.2. The summed E-state index contributed by atoms with van der Waals surface area (Å²) in [5, 5.41) is 14.7. The van der Waals surface area contributed by atoms with Gasteiger partial charge in [-0.3, -0.25) is 14.4 Å². The summed E-state index contributed by atoms with van der Waals surface area (Å²) >= 11 is 0. The van der Waals surface area contributed by atoms with Crippen molar-refractivity contribution in [2.75, 3.05) is 13.2 Å². The maximum absolute atomic E-state index is 12.7. The third kappa shape index (κ3) is 7.99. The van der Waals surface area contributed by atoms with Crippen LogP contribution >= 0.6 is 0 Å². The summed E-state index contributed by atoms with van der Waals surface area (Å²) in [6.45, 7) is 7.54. The van der Waals surface area contributed by atoms with Crippen molar-refractivity contribution in [1.82, 2.24) is 10.6 Å². The van der Waals surface area contributed by atoms with Gasteiger partial charge in [0.25, 0.3) is 0 Å². The van der Waals surface area contributed by atoms with Crippen LogP contribution in [0.1, 0.15) is 53.4 Å². The predicted octanol–water partition coefficient (Wildman–Crippen LogP) is 1.30. The second kappa shape index (κ2) is 10.3. The molecule has 1 rings (SSSR count). The van der Waals surface area contributed by atoms with Crippen LogP contribution in [0.4, 0.5) is 0 Å². The summed E-state index contributed by atoms with van der Waals surface area (Å²) in [7, 11) is 0. The maximum Gasteiger partial charge on any atom is 0.306 e. The first kappa shape index (κ1) is 22.2. The molecule has 2 amide bonds. The number of amides is 2. The Morgan fingerprint density at radius 2 is 2.08 bits per heavy atom. The fourth-order valence-corrected chi connectivity index (χ4v) is 2.51. The molecule has 0 aromatic heterocycles. The molecule has 0 radical (unpaired) electrons. The van der Waals surface area contributed by atoms with Crippen LogP contribution in [-0.2, 0) is 19.1 Å². The van der Waals surface area contributed by atoms with E-state index in [4.69, 9.17) is 9.84 Å². The van der Waals surface area contributed by atoms with Gasteiger partial charge in [0.15, 0.2) is 0 Å². The molecule has 7 nitrogen and oxygen atoms in total. The number of esters is 1. The highest BCUT2D eigenvalue weighted by Gasteiger charge is 2.31. The van der Waals surface area contributed by atoms with E-state index in [9.17, 15) is 14.4 Å². The first-order valence-corrected chi connectivity index (χ1v) is 9.14. The normalized spacial score (nSPS) is 23.9. The van der Waals surface area contributed by atoms with Crippen molar-refractivity contribution in [1.29, 1.82) is 0 Å². The van der Waals surface area contributed by atoms with Crippen molar-refractivity contribution in [3.8, 4) is 0 Å². The lowest BCUT2D eigenvalue weighted by molar-refractivity contribution is -0.146. The molecule has 148 valence electrons. The van der Waals surface area contributed by atoms with Crippen LogP contribution in [0.2, 0.25) is 0 Å². The minimum Gasteiger partial charge on any atom is -0.463 e. The number of aliphatic hydroxyl groups excluding tert-OH is 1. The van der Waals surface area contributed by atoms with Crippen LogP contribution in [0.3, 0.4) is 0 Å². The second-order valence-electron chi connectivity index (χ2n) is 7.91. The van der Waals surface area contributed by atoms with Crippen molar-refractivity contribution < 1.29 is 24.2 Å². The number of hydrogen-bond donors (Lipinski definition) is 3. The van der Waals surface area contributed by atoms with Gasteiger partial charge in [-0.05, 0) is 25.2 Å². The fraction of sp³-hybridized carbons (Fsp3) is 0.737. The van der Waals surface area contributed by atoms with Gasteiger partial charge in [-0.1, -0.05) is 32.9 Å². The average molecular weight is 368 g/mol. The van der Waals surface area contributed by atoms with Crippen molar-refractivity contribution in [2.45, 2.75) is 65.5 Å². The molecular weight excluding hydrogens is 336 g/mol. The third-order valence-electron chi connectivity index (χ3n) is 4.36. The number of hydrogen-bond acceptors (Lipinski definition) is 5.